The first-order chi connectivity index (χ1) is 15.5. The molecule has 1 aliphatic heterocycles. The molecule has 0 aromatic heterocycles. The second-order valence-electron chi connectivity index (χ2n) is 7.67. The highest BCUT2D eigenvalue weighted by atomic mass is 19.1. The van der Waals surface area contributed by atoms with Crippen LogP contribution in [0, 0.1) is 5.82 Å². The Morgan fingerprint density at radius 3 is 2.56 bits per heavy atom. The second-order valence-corrected chi connectivity index (χ2v) is 7.67. The van der Waals surface area contributed by atoms with Gasteiger partial charge in [0.1, 0.15) is 5.82 Å². The first-order valence-electron chi connectivity index (χ1n) is 10.6. The van der Waals surface area contributed by atoms with Crippen LogP contribution in [0.15, 0.2) is 42.5 Å². The lowest BCUT2D eigenvalue weighted by Crippen LogP contribution is -2.49. The highest BCUT2D eigenvalue weighted by Crippen LogP contribution is 2.28. The highest BCUT2D eigenvalue weighted by Gasteiger charge is 2.26. The first-order valence-corrected chi connectivity index (χ1v) is 10.6. The van der Waals surface area contributed by atoms with Gasteiger partial charge in [0.2, 0.25) is 0 Å². The van der Waals surface area contributed by atoms with E-state index in [-0.39, 0.29) is 17.8 Å². The minimum Gasteiger partial charge on any atom is -0.493 e. The molecule has 1 amide bonds. The Labute approximate surface area is 188 Å². The van der Waals surface area contributed by atoms with Crippen molar-refractivity contribution >= 4 is 5.91 Å². The van der Waals surface area contributed by atoms with Gasteiger partial charge in [-0.1, -0.05) is 6.07 Å². The zero-order valence-corrected chi connectivity index (χ0v) is 18.9. The molecule has 1 aliphatic rings. The van der Waals surface area contributed by atoms with Crippen LogP contribution < -0.4 is 9.47 Å². The molecule has 1 saturated heterocycles. The molecule has 1 fully saturated rings. The van der Waals surface area contributed by atoms with Crippen LogP contribution in [0.2, 0.25) is 0 Å². The molecule has 0 aliphatic carbocycles. The number of carbonyl (C=O) groups is 1. The molecule has 174 valence electrons. The summed E-state index contributed by atoms with van der Waals surface area (Å²) in [5.74, 6) is 0.865. The standard InChI is InChI=1S/C24H31FN2O5/c1-29-12-11-27(24(28)19-5-7-20(25)8-6-19)17-21-16-26(10-13-32-21)15-18-4-9-22(30-2)23(14-18)31-3/h4-9,14,21H,10-13,15-17H2,1-3H3. The number of amides is 1. The van der Waals surface area contributed by atoms with Crippen molar-refractivity contribution in [1.82, 2.24) is 9.80 Å². The van der Waals surface area contributed by atoms with Gasteiger partial charge in [-0.05, 0) is 42.0 Å². The van der Waals surface area contributed by atoms with Gasteiger partial charge in [0.25, 0.3) is 5.91 Å². The average Bonchev–Trinajstić information content (AvgIpc) is 2.82. The Morgan fingerprint density at radius 2 is 1.88 bits per heavy atom. The van der Waals surface area contributed by atoms with Crippen molar-refractivity contribution in [3.05, 3.63) is 59.4 Å². The monoisotopic (exact) mass is 446 g/mol. The number of hydrogen-bond acceptors (Lipinski definition) is 6. The van der Waals surface area contributed by atoms with Gasteiger partial charge in [0.05, 0.1) is 33.5 Å². The Hall–Kier alpha value is -2.68. The number of benzene rings is 2. The topological polar surface area (TPSA) is 60.5 Å². The van der Waals surface area contributed by atoms with Crippen LogP contribution in [0.4, 0.5) is 4.39 Å². The molecule has 2 aromatic carbocycles. The lowest BCUT2D eigenvalue weighted by molar-refractivity contribution is -0.0444. The van der Waals surface area contributed by atoms with Crippen molar-refractivity contribution in [2.75, 3.05) is 60.7 Å². The van der Waals surface area contributed by atoms with Gasteiger partial charge in [0.15, 0.2) is 11.5 Å². The van der Waals surface area contributed by atoms with Crippen LogP contribution in [0.3, 0.4) is 0 Å². The zero-order chi connectivity index (χ0) is 22.9. The van der Waals surface area contributed by atoms with E-state index in [4.69, 9.17) is 18.9 Å². The fourth-order valence-corrected chi connectivity index (χ4v) is 3.77. The van der Waals surface area contributed by atoms with E-state index in [0.29, 0.717) is 49.9 Å². The molecule has 0 radical (unpaired) electrons. The second kappa shape index (κ2) is 11.8. The van der Waals surface area contributed by atoms with Crippen molar-refractivity contribution in [1.29, 1.82) is 0 Å². The predicted molar refractivity (Wildman–Crippen MR) is 119 cm³/mol. The number of methoxy groups -OCH3 is 3. The van der Waals surface area contributed by atoms with E-state index in [1.165, 1.54) is 24.3 Å². The van der Waals surface area contributed by atoms with Crippen LogP contribution in [0.1, 0.15) is 15.9 Å². The van der Waals surface area contributed by atoms with Gasteiger partial charge >= 0.3 is 0 Å². The molecule has 3 rings (SSSR count). The lowest BCUT2D eigenvalue weighted by Gasteiger charge is -2.36. The number of halogens is 1. The zero-order valence-electron chi connectivity index (χ0n) is 18.9. The van der Waals surface area contributed by atoms with Crippen molar-refractivity contribution in [3.63, 3.8) is 0 Å². The number of ether oxygens (including phenoxy) is 4. The van der Waals surface area contributed by atoms with E-state index >= 15 is 0 Å². The maximum Gasteiger partial charge on any atom is 0.254 e. The van der Waals surface area contributed by atoms with Crippen molar-refractivity contribution in [3.8, 4) is 11.5 Å². The van der Waals surface area contributed by atoms with Crippen LogP contribution in [-0.2, 0) is 16.0 Å². The number of nitrogens with zero attached hydrogens (tertiary/aromatic N) is 2. The van der Waals surface area contributed by atoms with Crippen LogP contribution in [0.5, 0.6) is 11.5 Å². The molecular weight excluding hydrogens is 415 g/mol. The van der Waals surface area contributed by atoms with E-state index in [1.54, 1.807) is 26.2 Å². The third kappa shape index (κ3) is 6.41. The van der Waals surface area contributed by atoms with Gasteiger partial charge in [0, 0.05) is 45.4 Å². The maximum absolute atomic E-state index is 13.3. The van der Waals surface area contributed by atoms with Gasteiger partial charge in [-0.15, -0.1) is 0 Å². The summed E-state index contributed by atoms with van der Waals surface area (Å²) in [6.07, 6.45) is -0.134. The number of rotatable bonds is 10. The number of morpholine rings is 1. The molecule has 1 unspecified atom stereocenters. The van der Waals surface area contributed by atoms with Crippen LogP contribution in [-0.4, -0.2) is 82.5 Å². The van der Waals surface area contributed by atoms with Crippen molar-refractivity contribution < 1.29 is 28.1 Å². The summed E-state index contributed by atoms with van der Waals surface area (Å²) in [6, 6.07) is 11.5. The third-order valence-electron chi connectivity index (χ3n) is 5.44. The summed E-state index contributed by atoms with van der Waals surface area (Å²) in [5.41, 5.74) is 1.56. The summed E-state index contributed by atoms with van der Waals surface area (Å²) in [4.78, 5) is 17.0. The quantitative estimate of drug-likeness (QED) is 0.560. The number of carbonyl (C=O) groups excluding carboxylic acids is 1. The Balaban J connectivity index is 1.64. The molecule has 32 heavy (non-hydrogen) atoms. The third-order valence-corrected chi connectivity index (χ3v) is 5.44. The van der Waals surface area contributed by atoms with Crippen molar-refractivity contribution in [2.24, 2.45) is 0 Å². The Bertz CT molecular complexity index is 877. The molecule has 8 heteroatoms. The molecule has 1 heterocycles. The minimum atomic E-state index is -0.369. The number of hydrogen-bond donors (Lipinski definition) is 0. The van der Waals surface area contributed by atoms with Gasteiger partial charge in [-0.2, -0.15) is 0 Å². The summed E-state index contributed by atoms with van der Waals surface area (Å²) >= 11 is 0. The lowest BCUT2D eigenvalue weighted by atomic mass is 10.1. The summed E-state index contributed by atoms with van der Waals surface area (Å²) < 4.78 is 35.1. The van der Waals surface area contributed by atoms with Crippen molar-refractivity contribution in [2.45, 2.75) is 12.6 Å². The van der Waals surface area contributed by atoms with E-state index in [2.05, 4.69) is 4.90 Å². The fraction of sp³-hybridized carbons (Fsp3) is 0.458. The SMILES string of the molecule is COCCN(CC1CN(Cc2ccc(OC)c(OC)c2)CCO1)C(=O)c1ccc(F)cc1. The molecule has 1 atom stereocenters. The maximum atomic E-state index is 13.3. The van der Waals surface area contributed by atoms with Crippen LogP contribution >= 0.6 is 0 Å². The van der Waals surface area contributed by atoms with E-state index in [9.17, 15) is 9.18 Å². The summed E-state index contributed by atoms with van der Waals surface area (Å²) in [5, 5.41) is 0. The molecule has 0 N–H and O–H groups in total. The molecule has 0 spiro atoms. The summed E-state index contributed by atoms with van der Waals surface area (Å²) in [7, 11) is 4.84. The Morgan fingerprint density at radius 1 is 1.12 bits per heavy atom. The molecular formula is C24H31FN2O5. The Kier molecular flexibility index (Phi) is 8.84. The molecule has 0 saturated carbocycles. The van der Waals surface area contributed by atoms with Gasteiger partial charge < -0.3 is 23.8 Å². The van der Waals surface area contributed by atoms with Gasteiger partial charge in [-0.25, -0.2) is 4.39 Å². The normalized spacial score (nSPS) is 16.6. The van der Waals surface area contributed by atoms with E-state index < -0.39 is 0 Å². The van der Waals surface area contributed by atoms with Gasteiger partial charge in [-0.3, -0.25) is 9.69 Å². The largest absolute Gasteiger partial charge is 0.493 e. The average molecular weight is 447 g/mol. The van der Waals surface area contributed by atoms with Crippen LogP contribution in [0.25, 0.3) is 0 Å². The van der Waals surface area contributed by atoms with E-state index in [0.717, 1.165) is 18.7 Å². The molecule has 0 bridgehead atoms. The first kappa shape index (κ1) is 24.0. The van der Waals surface area contributed by atoms with E-state index in [1.807, 2.05) is 18.2 Å². The molecule has 7 nitrogen and oxygen atoms in total. The minimum absolute atomic E-state index is 0.134. The smallest absolute Gasteiger partial charge is 0.254 e. The molecule has 2 aromatic rings. The fourth-order valence-electron chi connectivity index (χ4n) is 3.77. The summed E-state index contributed by atoms with van der Waals surface area (Å²) in [6.45, 7) is 4.09. The highest BCUT2D eigenvalue weighted by molar-refractivity contribution is 5.94. The predicted octanol–water partition coefficient (Wildman–Crippen LogP) is 2.83.